The van der Waals surface area contributed by atoms with Crippen LogP contribution in [-0.4, -0.2) is 56.5 Å². The molecule has 2 aromatic carbocycles. The summed E-state index contributed by atoms with van der Waals surface area (Å²) in [5, 5.41) is 3.47. The second kappa shape index (κ2) is 10.2. The number of nitrogens with zero attached hydrogens (tertiary/aromatic N) is 2. The second-order valence-electron chi connectivity index (χ2n) is 8.93. The summed E-state index contributed by atoms with van der Waals surface area (Å²) in [6.45, 7) is 6.01. The maximum absolute atomic E-state index is 13.1. The molecule has 0 saturated carbocycles. The Bertz CT molecular complexity index is 1320. The number of anilines is 1. The Morgan fingerprint density at radius 2 is 1.94 bits per heavy atom. The first-order valence-corrected chi connectivity index (χ1v) is 14.0. The minimum absolute atomic E-state index is 0.119. The summed E-state index contributed by atoms with van der Waals surface area (Å²) in [5.41, 5.74) is 3.40. The molecule has 0 bridgehead atoms. The molecule has 2 N–H and O–H groups in total. The third kappa shape index (κ3) is 5.31. The average molecular weight is 514 g/mol. The van der Waals surface area contributed by atoms with Gasteiger partial charge in [0.05, 0.1) is 35.2 Å². The molecule has 1 atom stereocenters. The van der Waals surface area contributed by atoms with E-state index >= 15 is 0 Å². The highest BCUT2D eigenvalue weighted by atomic mass is 32.2. The Labute approximate surface area is 209 Å². The van der Waals surface area contributed by atoms with Crippen molar-refractivity contribution in [2.24, 2.45) is 0 Å². The van der Waals surface area contributed by atoms with Gasteiger partial charge in [-0.1, -0.05) is 47.7 Å². The predicted octanol–water partition coefficient (Wildman–Crippen LogP) is 1.87. The fourth-order valence-electron chi connectivity index (χ4n) is 4.52. The lowest BCUT2D eigenvalue weighted by molar-refractivity contribution is -0.929. The molecule has 35 heavy (non-hydrogen) atoms. The SMILES string of the molecule is Cc1ccc(S(=O)(=O)N2CCOCC2)cc1C(=O)Nc1nc2c(s1)C[NH+](Cc1ccccc1)CC2. The molecule has 0 aliphatic carbocycles. The molecule has 1 aromatic heterocycles. The Hall–Kier alpha value is -2.63. The Balaban J connectivity index is 1.30. The van der Waals surface area contributed by atoms with Gasteiger partial charge in [0.25, 0.3) is 5.91 Å². The van der Waals surface area contributed by atoms with Crippen LogP contribution in [0, 0.1) is 6.92 Å². The van der Waals surface area contributed by atoms with Gasteiger partial charge in [0, 0.05) is 30.6 Å². The Kier molecular flexibility index (Phi) is 6.99. The number of nitrogens with one attached hydrogen (secondary N) is 2. The van der Waals surface area contributed by atoms with Gasteiger partial charge in [-0.2, -0.15) is 4.31 Å². The van der Waals surface area contributed by atoms with Crippen LogP contribution >= 0.6 is 11.3 Å². The van der Waals surface area contributed by atoms with Gasteiger partial charge in [0.1, 0.15) is 13.1 Å². The normalized spacial score (nSPS) is 18.7. The summed E-state index contributed by atoms with van der Waals surface area (Å²) in [4.78, 5) is 20.6. The highest BCUT2D eigenvalue weighted by Gasteiger charge is 2.28. The van der Waals surface area contributed by atoms with Crippen molar-refractivity contribution in [1.82, 2.24) is 9.29 Å². The first-order valence-electron chi connectivity index (χ1n) is 11.8. The van der Waals surface area contributed by atoms with Crippen LogP contribution in [0.15, 0.2) is 53.4 Å². The van der Waals surface area contributed by atoms with Crippen LogP contribution in [-0.2, 0) is 34.3 Å². The number of carbonyl (C=O) groups excluding carboxylic acids is 1. The highest BCUT2D eigenvalue weighted by Crippen LogP contribution is 2.26. The number of ether oxygens (including phenoxy) is 1. The Morgan fingerprint density at radius 3 is 2.71 bits per heavy atom. The lowest BCUT2D eigenvalue weighted by atomic mass is 10.1. The zero-order valence-electron chi connectivity index (χ0n) is 19.6. The molecular weight excluding hydrogens is 484 g/mol. The molecule has 0 spiro atoms. The standard InChI is InChI=1S/C25H28N4O4S2/c1-18-7-8-20(35(31,32)29-11-13-33-14-12-29)15-21(18)24(30)27-25-26-22-9-10-28(17-23(22)34-25)16-19-5-3-2-4-6-19/h2-8,15H,9-14,16-17H2,1H3,(H,26,27,30)/p+1. The van der Waals surface area contributed by atoms with Gasteiger partial charge < -0.3 is 9.64 Å². The number of quaternary nitrogens is 1. The largest absolute Gasteiger partial charge is 0.379 e. The van der Waals surface area contributed by atoms with E-state index in [-0.39, 0.29) is 10.8 Å². The van der Waals surface area contributed by atoms with E-state index in [1.54, 1.807) is 19.1 Å². The van der Waals surface area contributed by atoms with Crippen molar-refractivity contribution < 1.29 is 22.8 Å². The lowest BCUT2D eigenvalue weighted by Crippen LogP contribution is -3.10. The number of aryl methyl sites for hydroxylation is 1. The summed E-state index contributed by atoms with van der Waals surface area (Å²) in [7, 11) is -3.68. The zero-order chi connectivity index (χ0) is 24.4. The molecule has 8 nitrogen and oxygen atoms in total. The lowest BCUT2D eigenvalue weighted by Gasteiger charge is -2.26. The average Bonchev–Trinajstić information content (AvgIpc) is 3.26. The number of morpholine rings is 1. The molecule has 1 unspecified atom stereocenters. The summed E-state index contributed by atoms with van der Waals surface area (Å²) in [5.74, 6) is -0.346. The highest BCUT2D eigenvalue weighted by molar-refractivity contribution is 7.89. The van der Waals surface area contributed by atoms with E-state index in [0.717, 1.165) is 31.7 Å². The smallest absolute Gasteiger partial charge is 0.257 e. The van der Waals surface area contributed by atoms with E-state index < -0.39 is 10.0 Å². The number of rotatable bonds is 6. The van der Waals surface area contributed by atoms with Crippen molar-refractivity contribution in [3.05, 3.63) is 75.8 Å². The molecule has 184 valence electrons. The van der Waals surface area contributed by atoms with Gasteiger partial charge in [0.15, 0.2) is 5.13 Å². The van der Waals surface area contributed by atoms with Crippen LogP contribution in [0.25, 0.3) is 0 Å². The van der Waals surface area contributed by atoms with Crippen LogP contribution < -0.4 is 10.2 Å². The number of amides is 1. The number of hydrogen-bond acceptors (Lipinski definition) is 6. The van der Waals surface area contributed by atoms with E-state index in [1.807, 2.05) is 6.07 Å². The molecule has 3 heterocycles. The molecule has 2 aliphatic rings. The van der Waals surface area contributed by atoms with Crippen molar-refractivity contribution in [2.45, 2.75) is 31.3 Å². The second-order valence-corrected chi connectivity index (χ2v) is 11.9. The zero-order valence-corrected chi connectivity index (χ0v) is 21.3. The topological polar surface area (TPSA) is 93.0 Å². The first-order chi connectivity index (χ1) is 16.9. The number of thiazole rings is 1. The van der Waals surface area contributed by atoms with Gasteiger partial charge in [-0.25, -0.2) is 13.4 Å². The van der Waals surface area contributed by atoms with E-state index in [4.69, 9.17) is 4.74 Å². The van der Waals surface area contributed by atoms with E-state index in [0.29, 0.717) is 42.6 Å². The molecule has 1 fully saturated rings. The molecular formula is C25H29N4O4S2+. The number of benzene rings is 2. The quantitative estimate of drug-likeness (QED) is 0.525. The summed E-state index contributed by atoms with van der Waals surface area (Å²) in [6, 6.07) is 15.2. The molecule has 5 rings (SSSR count). The maximum atomic E-state index is 13.1. The molecule has 0 radical (unpaired) electrons. The van der Waals surface area contributed by atoms with Crippen molar-refractivity contribution in [3.8, 4) is 0 Å². The van der Waals surface area contributed by atoms with Crippen molar-refractivity contribution >= 4 is 32.4 Å². The number of carbonyl (C=O) groups is 1. The van der Waals surface area contributed by atoms with Crippen LogP contribution in [0.2, 0.25) is 0 Å². The number of hydrogen-bond donors (Lipinski definition) is 2. The monoisotopic (exact) mass is 513 g/mol. The number of sulfonamides is 1. The van der Waals surface area contributed by atoms with Crippen molar-refractivity contribution in [1.29, 1.82) is 0 Å². The van der Waals surface area contributed by atoms with Gasteiger partial charge in [-0.15, -0.1) is 0 Å². The van der Waals surface area contributed by atoms with Crippen LogP contribution in [0.5, 0.6) is 0 Å². The molecule has 2 aliphatic heterocycles. The van der Waals surface area contributed by atoms with Gasteiger partial charge in [-0.3, -0.25) is 10.1 Å². The first kappa shape index (κ1) is 24.1. The summed E-state index contributed by atoms with van der Waals surface area (Å²) >= 11 is 1.51. The van der Waals surface area contributed by atoms with Gasteiger partial charge in [-0.05, 0) is 24.6 Å². The molecule has 1 amide bonds. The van der Waals surface area contributed by atoms with E-state index in [9.17, 15) is 13.2 Å². The van der Waals surface area contributed by atoms with Crippen LogP contribution in [0.3, 0.4) is 0 Å². The molecule has 10 heteroatoms. The fourth-order valence-corrected chi connectivity index (χ4v) is 7.03. The third-order valence-corrected chi connectivity index (χ3v) is 9.39. The minimum Gasteiger partial charge on any atom is -0.379 e. The molecule has 1 saturated heterocycles. The van der Waals surface area contributed by atoms with Crippen molar-refractivity contribution in [2.75, 3.05) is 38.2 Å². The summed E-state index contributed by atoms with van der Waals surface area (Å²) in [6.07, 6.45) is 0.871. The minimum atomic E-state index is -3.68. The third-order valence-electron chi connectivity index (χ3n) is 6.48. The van der Waals surface area contributed by atoms with Crippen molar-refractivity contribution in [3.63, 3.8) is 0 Å². The number of aromatic nitrogens is 1. The number of fused-ring (bicyclic) bond motifs is 1. The van der Waals surface area contributed by atoms with Gasteiger partial charge in [0.2, 0.25) is 10.0 Å². The fraction of sp³-hybridized carbons (Fsp3) is 0.360. The van der Waals surface area contributed by atoms with E-state index in [1.165, 1.54) is 37.0 Å². The predicted molar refractivity (Wildman–Crippen MR) is 134 cm³/mol. The molecule has 3 aromatic rings. The Morgan fingerprint density at radius 1 is 1.17 bits per heavy atom. The van der Waals surface area contributed by atoms with Crippen LogP contribution in [0.4, 0.5) is 5.13 Å². The van der Waals surface area contributed by atoms with Crippen LogP contribution in [0.1, 0.15) is 32.1 Å². The maximum Gasteiger partial charge on any atom is 0.257 e. The van der Waals surface area contributed by atoms with Gasteiger partial charge >= 0.3 is 0 Å². The van der Waals surface area contributed by atoms with E-state index in [2.05, 4.69) is 34.6 Å². The summed E-state index contributed by atoms with van der Waals surface area (Å²) < 4.78 is 32.8.